The van der Waals surface area contributed by atoms with Gasteiger partial charge in [0.2, 0.25) is 0 Å². The molecule has 3 nitrogen and oxygen atoms in total. The lowest BCUT2D eigenvalue weighted by Gasteiger charge is -2.24. The van der Waals surface area contributed by atoms with E-state index < -0.39 is 5.60 Å². The van der Waals surface area contributed by atoms with Crippen molar-refractivity contribution < 1.29 is 9.90 Å². The average molecular weight is 185 g/mol. The van der Waals surface area contributed by atoms with Gasteiger partial charge in [-0.2, -0.15) is 0 Å². The minimum Gasteiger partial charge on any atom is -0.389 e. The summed E-state index contributed by atoms with van der Waals surface area (Å²) < 4.78 is 0. The molecule has 1 saturated carbocycles. The molecule has 1 fully saturated rings. The highest BCUT2D eigenvalue weighted by Gasteiger charge is 2.30. The first-order valence-electron chi connectivity index (χ1n) is 4.82. The van der Waals surface area contributed by atoms with Crippen LogP contribution in [0.15, 0.2) is 0 Å². The number of hydrogen-bond donors (Lipinski definition) is 1. The van der Waals surface area contributed by atoms with Crippen molar-refractivity contribution >= 4 is 5.78 Å². The number of likely N-dealkylation sites (N-methyl/N-ethyl adjacent to an activating group) is 1. The van der Waals surface area contributed by atoms with Gasteiger partial charge in [-0.15, -0.1) is 0 Å². The number of aliphatic hydroxyl groups is 1. The lowest BCUT2D eigenvalue weighted by molar-refractivity contribution is -0.121. The first-order chi connectivity index (χ1) is 5.88. The lowest BCUT2D eigenvalue weighted by Crippen LogP contribution is -2.39. The minimum atomic E-state index is -0.710. The van der Waals surface area contributed by atoms with Gasteiger partial charge in [0, 0.05) is 12.5 Å². The van der Waals surface area contributed by atoms with Crippen LogP contribution in [0.5, 0.6) is 0 Å². The van der Waals surface area contributed by atoms with Crippen LogP contribution in [0.4, 0.5) is 0 Å². The van der Waals surface area contributed by atoms with Crippen molar-refractivity contribution in [2.45, 2.75) is 32.3 Å². The van der Waals surface area contributed by atoms with Crippen LogP contribution in [0, 0.1) is 5.92 Å². The van der Waals surface area contributed by atoms with E-state index in [9.17, 15) is 9.90 Å². The van der Waals surface area contributed by atoms with Crippen molar-refractivity contribution in [1.29, 1.82) is 0 Å². The first kappa shape index (κ1) is 10.7. The molecule has 0 radical (unpaired) electrons. The number of hydrogen-bond acceptors (Lipinski definition) is 3. The Morgan fingerprint density at radius 3 is 2.46 bits per heavy atom. The molecule has 13 heavy (non-hydrogen) atoms. The monoisotopic (exact) mass is 185 g/mol. The third kappa shape index (κ3) is 4.39. The molecule has 0 atom stereocenters. The van der Waals surface area contributed by atoms with E-state index in [1.165, 1.54) is 0 Å². The van der Waals surface area contributed by atoms with E-state index in [1.54, 1.807) is 13.8 Å². The van der Waals surface area contributed by atoms with Gasteiger partial charge < -0.3 is 5.11 Å². The number of carbonyl (C=O) groups excluding carboxylic acids is 1. The molecule has 0 saturated heterocycles. The fourth-order valence-electron chi connectivity index (χ4n) is 1.52. The molecule has 0 heterocycles. The maximum absolute atomic E-state index is 11.4. The second kappa shape index (κ2) is 3.76. The van der Waals surface area contributed by atoms with Crippen LogP contribution in [0.2, 0.25) is 0 Å². The Kier molecular flexibility index (Phi) is 3.09. The molecule has 1 rings (SSSR count). The maximum Gasteiger partial charge on any atom is 0.149 e. The summed E-state index contributed by atoms with van der Waals surface area (Å²) in [4.78, 5) is 13.3. The van der Waals surface area contributed by atoms with Crippen molar-refractivity contribution in [3.8, 4) is 0 Å². The van der Waals surface area contributed by atoms with E-state index in [-0.39, 0.29) is 0 Å². The zero-order valence-corrected chi connectivity index (χ0v) is 8.71. The summed E-state index contributed by atoms with van der Waals surface area (Å²) in [7, 11) is 1.87. The Morgan fingerprint density at radius 1 is 1.54 bits per heavy atom. The van der Waals surface area contributed by atoms with Crippen LogP contribution >= 0.6 is 0 Å². The predicted octanol–water partition coefficient (Wildman–Crippen LogP) is 0.668. The summed E-state index contributed by atoms with van der Waals surface area (Å²) in [5.41, 5.74) is -0.710. The highest BCUT2D eigenvalue weighted by atomic mass is 16.3. The zero-order chi connectivity index (χ0) is 10.1. The van der Waals surface area contributed by atoms with Crippen molar-refractivity contribution in [3.63, 3.8) is 0 Å². The fraction of sp³-hybridized carbons (Fsp3) is 0.900. The van der Waals surface area contributed by atoms with E-state index in [1.807, 2.05) is 11.9 Å². The summed E-state index contributed by atoms with van der Waals surface area (Å²) >= 11 is 0. The Morgan fingerprint density at radius 2 is 2.08 bits per heavy atom. The maximum atomic E-state index is 11.4. The second-order valence-corrected chi connectivity index (χ2v) is 4.73. The second-order valence-electron chi connectivity index (χ2n) is 4.73. The molecule has 0 aromatic heterocycles. The first-order valence-corrected chi connectivity index (χ1v) is 4.82. The molecule has 0 bridgehead atoms. The standard InChI is InChI=1S/C10H19NO2/c1-10(2,13)7-11(3)6-9(12)8-4-5-8/h8,13H,4-7H2,1-3H3. The van der Waals surface area contributed by atoms with Gasteiger partial charge in [-0.1, -0.05) is 0 Å². The van der Waals surface area contributed by atoms with Gasteiger partial charge in [0.1, 0.15) is 5.78 Å². The SMILES string of the molecule is CN(CC(=O)C1CC1)CC(C)(C)O. The van der Waals surface area contributed by atoms with Crippen LogP contribution in [0.1, 0.15) is 26.7 Å². The topological polar surface area (TPSA) is 40.5 Å². The van der Waals surface area contributed by atoms with Crippen molar-refractivity contribution in [3.05, 3.63) is 0 Å². The smallest absolute Gasteiger partial charge is 0.149 e. The highest BCUT2D eigenvalue weighted by Crippen LogP contribution is 2.29. The average Bonchev–Trinajstić information content (AvgIpc) is 2.60. The van der Waals surface area contributed by atoms with Gasteiger partial charge in [-0.25, -0.2) is 0 Å². The van der Waals surface area contributed by atoms with Gasteiger partial charge in [0.25, 0.3) is 0 Å². The number of carbonyl (C=O) groups is 1. The van der Waals surface area contributed by atoms with E-state index >= 15 is 0 Å². The Balaban J connectivity index is 2.23. The summed E-state index contributed by atoms with van der Waals surface area (Å²) in [5, 5.41) is 9.50. The van der Waals surface area contributed by atoms with Gasteiger partial charge >= 0.3 is 0 Å². The van der Waals surface area contributed by atoms with E-state index in [4.69, 9.17) is 0 Å². The number of nitrogens with zero attached hydrogens (tertiary/aromatic N) is 1. The lowest BCUT2D eigenvalue weighted by atomic mass is 10.1. The van der Waals surface area contributed by atoms with Crippen molar-refractivity contribution in [1.82, 2.24) is 4.90 Å². The van der Waals surface area contributed by atoms with Crippen LogP contribution in [0.3, 0.4) is 0 Å². The summed E-state index contributed by atoms with van der Waals surface area (Å²) in [6.07, 6.45) is 2.13. The molecule has 0 spiro atoms. The molecule has 0 aromatic rings. The largest absolute Gasteiger partial charge is 0.389 e. The van der Waals surface area contributed by atoms with Gasteiger partial charge in [-0.3, -0.25) is 9.69 Å². The highest BCUT2D eigenvalue weighted by molar-refractivity contribution is 5.84. The van der Waals surface area contributed by atoms with Gasteiger partial charge in [0.15, 0.2) is 0 Å². The third-order valence-corrected chi connectivity index (χ3v) is 2.12. The number of rotatable bonds is 5. The van der Waals surface area contributed by atoms with Crippen LogP contribution < -0.4 is 0 Å². The third-order valence-electron chi connectivity index (χ3n) is 2.12. The van der Waals surface area contributed by atoms with Crippen LogP contribution in [0.25, 0.3) is 0 Å². The quantitative estimate of drug-likeness (QED) is 0.684. The molecular formula is C10H19NO2. The summed E-state index contributed by atoms with van der Waals surface area (Å²) in [6, 6.07) is 0. The van der Waals surface area contributed by atoms with E-state index in [0.29, 0.717) is 24.8 Å². The molecule has 76 valence electrons. The molecule has 0 amide bonds. The predicted molar refractivity (Wildman–Crippen MR) is 51.5 cm³/mol. The van der Waals surface area contributed by atoms with Crippen LogP contribution in [-0.2, 0) is 4.79 Å². The van der Waals surface area contributed by atoms with E-state index in [0.717, 1.165) is 12.8 Å². The fourth-order valence-corrected chi connectivity index (χ4v) is 1.52. The summed E-state index contributed by atoms with van der Waals surface area (Å²) in [6.45, 7) is 4.54. The zero-order valence-electron chi connectivity index (χ0n) is 8.71. The van der Waals surface area contributed by atoms with Gasteiger partial charge in [-0.05, 0) is 33.7 Å². The molecule has 1 aliphatic rings. The minimum absolute atomic E-state index is 0.323. The molecule has 3 heteroatoms. The molecular weight excluding hydrogens is 166 g/mol. The molecule has 0 aliphatic heterocycles. The molecule has 0 unspecified atom stereocenters. The Labute approximate surface area is 79.7 Å². The number of Topliss-reactive ketones (excluding diaryl/α,β-unsaturated/α-hetero) is 1. The molecule has 1 aliphatic carbocycles. The number of ketones is 1. The van der Waals surface area contributed by atoms with E-state index in [2.05, 4.69) is 0 Å². The van der Waals surface area contributed by atoms with Crippen molar-refractivity contribution in [2.75, 3.05) is 20.1 Å². The molecule has 0 aromatic carbocycles. The van der Waals surface area contributed by atoms with Crippen molar-refractivity contribution in [2.24, 2.45) is 5.92 Å². The molecule has 1 N–H and O–H groups in total. The Hall–Kier alpha value is -0.410. The Bertz CT molecular complexity index is 192. The van der Waals surface area contributed by atoms with Crippen LogP contribution in [-0.4, -0.2) is 41.5 Å². The normalized spacial score (nSPS) is 17.9. The van der Waals surface area contributed by atoms with Gasteiger partial charge in [0.05, 0.1) is 12.1 Å². The summed E-state index contributed by atoms with van der Waals surface area (Å²) in [5.74, 6) is 0.649.